The van der Waals surface area contributed by atoms with Crippen LogP contribution < -0.4 is 5.32 Å². The molecule has 1 atom stereocenters. The van der Waals surface area contributed by atoms with Crippen molar-refractivity contribution in [3.63, 3.8) is 0 Å². The van der Waals surface area contributed by atoms with Crippen molar-refractivity contribution < 1.29 is 4.74 Å². The summed E-state index contributed by atoms with van der Waals surface area (Å²) in [5.41, 5.74) is 1.07. The second-order valence-electron chi connectivity index (χ2n) is 3.90. The molecule has 2 nitrogen and oxygen atoms in total. The van der Waals surface area contributed by atoms with Gasteiger partial charge in [-0.1, -0.05) is 29.8 Å². The molecule has 1 aliphatic rings. The zero-order chi connectivity index (χ0) is 10.5. The van der Waals surface area contributed by atoms with Gasteiger partial charge in [0.15, 0.2) is 0 Å². The normalized spacial score (nSPS) is 19.4. The zero-order valence-corrected chi connectivity index (χ0v) is 10.7. The van der Waals surface area contributed by atoms with Gasteiger partial charge < -0.3 is 10.1 Å². The van der Waals surface area contributed by atoms with Crippen molar-refractivity contribution in [3.05, 3.63) is 34.9 Å². The smallest absolute Gasteiger partial charge is 0.0732 e. The molecule has 4 heteroatoms. The minimum Gasteiger partial charge on any atom is -0.375 e. The van der Waals surface area contributed by atoms with Gasteiger partial charge in [-0.15, -0.1) is 12.4 Å². The molecule has 1 heterocycles. The Labute approximate surface area is 108 Å². The number of nitrogens with one attached hydrogen (secondary N) is 1. The molecular weight excluding hydrogens is 245 g/mol. The fourth-order valence-corrected chi connectivity index (χ4v) is 2.02. The average molecular weight is 262 g/mol. The molecule has 1 aromatic carbocycles. The second kappa shape index (κ2) is 7.13. The molecule has 2 rings (SSSR count). The molecule has 1 aromatic rings. The standard InChI is InChI=1S/C12H16ClNO.ClH/c13-12-6-2-1-4-10(12)8-15-9-11-5-3-7-14-11;/h1-2,4,6,11,14H,3,5,7-9H2;1H. The van der Waals surface area contributed by atoms with Gasteiger partial charge in [-0.25, -0.2) is 0 Å². The number of ether oxygens (including phenoxy) is 1. The van der Waals surface area contributed by atoms with Crippen LogP contribution in [-0.2, 0) is 11.3 Å². The van der Waals surface area contributed by atoms with Crippen LogP contribution in [-0.4, -0.2) is 19.2 Å². The first kappa shape index (κ1) is 13.8. The first-order valence-electron chi connectivity index (χ1n) is 5.41. The van der Waals surface area contributed by atoms with Crippen LogP contribution in [0.2, 0.25) is 5.02 Å². The number of hydrogen-bond acceptors (Lipinski definition) is 2. The molecule has 0 amide bonds. The summed E-state index contributed by atoms with van der Waals surface area (Å²) in [6.07, 6.45) is 2.49. The predicted octanol–water partition coefficient (Wildman–Crippen LogP) is 3.03. The lowest BCUT2D eigenvalue weighted by atomic mass is 10.2. The van der Waals surface area contributed by atoms with E-state index in [0.29, 0.717) is 12.6 Å². The Hall–Kier alpha value is -0.280. The first-order chi connectivity index (χ1) is 7.36. The Morgan fingerprint density at radius 1 is 1.38 bits per heavy atom. The van der Waals surface area contributed by atoms with Crippen molar-refractivity contribution in [2.45, 2.75) is 25.5 Å². The Morgan fingerprint density at radius 2 is 2.19 bits per heavy atom. The molecule has 16 heavy (non-hydrogen) atoms. The van der Waals surface area contributed by atoms with Crippen LogP contribution >= 0.6 is 24.0 Å². The van der Waals surface area contributed by atoms with E-state index in [9.17, 15) is 0 Å². The third-order valence-corrected chi connectivity index (χ3v) is 3.07. The van der Waals surface area contributed by atoms with Crippen molar-refractivity contribution in [2.75, 3.05) is 13.2 Å². The molecule has 0 bridgehead atoms. The lowest BCUT2D eigenvalue weighted by Gasteiger charge is -2.11. The van der Waals surface area contributed by atoms with Crippen LogP contribution in [0.3, 0.4) is 0 Å². The van der Waals surface area contributed by atoms with Crippen LogP contribution in [0.1, 0.15) is 18.4 Å². The van der Waals surface area contributed by atoms with Crippen LogP contribution in [0.5, 0.6) is 0 Å². The van der Waals surface area contributed by atoms with Gasteiger partial charge in [-0.05, 0) is 31.0 Å². The third-order valence-electron chi connectivity index (χ3n) is 2.70. The molecule has 0 aliphatic carbocycles. The topological polar surface area (TPSA) is 21.3 Å². The molecule has 0 saturated carbocycles. The first-order valence-corrected chi connectivity index (χ1v) is 5.78. The lowest BCUT2D eigenvalue weighted by molar-refractivity contribution is 0.103. The van der Waals surface area contributed by atoms with Crippen LogP contribution in [0, 0.1) is 0 Å². The summed E-state index contributed by atoms with van der Waals surface area (Å²) in [5, 5.41) is 4.19. The van der Waals surface area contributed by atoms with Gasteiger partial charge in [-0.2, -0.15) is 0 Å². The zero-order valence-electron chi connectivity index (χ0n) is 9.12. The van der Waals surface area contributed by atoms with E-state index in [4.69, 9.17) is 16.3 Å². The molecule has 1 fully saturated rings. The van der Waals surface area contributed by atoms with Crippen molar-refractivity contribution in [2.24, 2.45) is 0 Å². The monoisotopic (exact) mass is 261 g/mol. The molecule has 0 radical (unpaired) electrons. The van der Waals surface area contributed by atoms with E-state index in [1.54, 1.807) is 0 Å². The maximum absolute atomic E-state index is 6.02. The summed E-state index contributed by atoms with van der Waals surface area (Å²) in [5.74, 6) is 0. The highest BCUT2D eigenvalue weighted by Crippen LogP contribution is 2.16. The van der Waals surface area contributed by atoms with Gasteiger partial charge in [0.25, 0.3) is 0 Å². The van der Waals surface area contributed by atoms with E-state index in [1.165, 1.54) is 12.8 Å². The Balaban J connectivity index is 0.00000128. The highest BCUT2D eigenvalue weighted by atomic mass is 35.5. The lowest BCUT2D eigenvalue weighted by Crippen LogP contribution is -2.26. The van der Waals surface area contributed by atoms with E-state index in [0.717, 1.165) is 23.7 Å². The fraction of sp³-hybridized carbons (Fsp3) is 0.500. The highest BCUT2D eigenvalue weighted by Gasteiger charge is 2.13. The van der Waals surface area contributed by atoms with E-state index in [-0.39, 0.29) is 12.4 Å². The van der Waals surface area contributed by atoms with E-state index in [2.05, 4.69) is 5.32 Å². The largest absolute Gasteiger partial charge is 0.375 e. The van der Waals surface area contributed by atoms with Crippen LogP contribution in [0.4, 0.5) is 0 Å². The summed E-state index contributed by atoms with van der Waals surface area (Å²) < 4.78 is 5.64. The fourth-order valence-electron chi connectivity index (χ4n) is 1.83. The summed E-state index contributed by atoms with van der Waals surface area (Å²) in [7, 11) is 0. The number of benzene rings is 1. The summed E-state index contributed by atoms with van der Waals surface area (Å²) in [4.78, 5) is 0. The Kier molecular flexibility index (Phi) is 6.14. The van der Waals surface area contributed by atoms with Gasteiger partial charge in [0.05, 0.1) is 13.2 Å². The average Bonchev–Trinajstić information content (AvgIpc) is 2.74. The Morgan fingerprint density at radius 3 is 2.88 bits per heavy atom. The van der Waals surface area contributed by atoms with Gasteiger partial charge in [0.1, 0.15) is 0 Å². The summed E-state index contributed by atoms with van der Waals surface area (Å²) >= 11 is 6.02. The third kappa shape index (κ3) is 3.95. The van der Waals surface area contributed by atoms with Gasteiger partial charge in [0, 0.05) is 11.1 Å². The molecule has 90 valence electrons. The number of halogens is 2. The predicted molar refractivity (Wildman–Crippen MR) is 69.4 cm³/mol. The summed E-state index contributed by atoms with van der Waals surface area (Å²) in [6, 6.07) is 8.36. The van der Waals surface area contributed by atoms with Gasteiger partial charge in [0.2, 0.25) is 0 Å². The highest BCUT2D eigenvalue weighted by molar-refractivity contribution is 6.31. The van der Waals surface area contributed by atoms with E-state index in [1.807, 2.05) is 24.3 Å². The van der Waals surface area contributed by atoms with Crippen molar-refractivity contribution in [1.29, 1.82) is 0 Å². The molecule has 1 saturated heterocycles. The van der Waals surface area contributed by atoms with Crippen molar-refractivity contribution >= 4 is 24.0 Å². The number of hydrogen-bond donors (Lipinski definition) is 1. The van der Waals surface area contributed by atoms with Gasteiger partial charge >= 0.3 is 0 Å². The maximum Gasteiger partial charge on any atom is 0.0732 e. The molecule has 1 N–H and O–H groups in total. The maximum atomic E-state index is 6.02. The van der Waals surface area contributed by atoms with Crippen molar-refractivity contribution in [3.8, 4) is 0 Å². The SMILES string of the molecule is Cl.Clc1ccccc1COCC1CCCN1. The quantitative estimate of drug-likeness (QED) is 0.900. The molecule has 1 aliphatic heterocycles. The van der Waals surface area contributed by atoms with E-state index >= 15 is 0 Å². The second-order valence-corrected chi connectivity index (χ2v) is 4.31. The van der Waals surface area contributed by atoms with Crippen LogP contribution in [0.25, 0.3) is 0 Å². The Bertz CT molecular complexity index is 314. The summed E-state index contributed by atoms with van der Waals surface area (Å²) in [6.45, 7) is 2.52. The molecule has 1 unspecified atom stereocenters. The van der Waals surface area contributed by atoms with E-state index < -0.39 is 0 Å². The van der Waals surface area contributed by atoms with Gasteiger partial charge in [-0.3, -0.25) is 0 Å². The van der Waals surface area contributed by atoms with Crippen LogP contribution in [0.15, 0.2) is 24.3 Å². The molecular formula is C12H17Cl2NO. The minimum absolute atomic E-state index is 0. The molecule has 0 spiro atoms. The number of rotatable bonds is 4. The molecule has 0 aromatic heterocycles. The van der Waals surface area contributed by atoms with Crippen molar-refractivity contribution in [1.82, 2.24) is 5.32 Å². The minimum atomic E-state index is 0.